The molecule has 8 nitrogen and oxygen atoms in total. The van der Waals surface area contributed by atoms with Crippen LogP contribution in [0, 0.1) is 0 Å². The van der Waals surface area contributed by atoms with Crippen LogP contribution in [0.5, 0.6) is 11.5 Å². The van der Waals surface area contributed by atoms with Crippen molar-refractivity contribution in [3.05, 3.63) is 88.2 Å². The van der Waals surface area contributed by atoms with Crippen molar-refractivity contribution in [3.63, 3.8) is 0 Å². The Balaban J connectivity index is 1.64. The van der Waals surface area contributed by atoms with Gasteiger partial charge < -0.3 is 23.4 Å². The second-order valence-electron chi connectivity index (χ2n) is 7.55. The summed E-state index contributed by atoms with van der Waals surface area (Å²) in [7, 11) is 2.97. The van der Waals surface area contributed by atoms with Crippen molar-refractivity contribution < 1.29 is 33.0 Å². The van der Waals surface area contributed by atoms with Gasteiger partial charge in [-0.2, -0.15) is 0 Å². The number of carbonyl (C=O) groups is 2. The molecule has 2 aromatic heterocycles. The minimum atomic E-state index is -1.04. The van der Waals surface area contributed by atoms with Crippen LogP contribution in [0.15, 0.2) is 85.5 Å². The lowest BCUT2D eigenvalue weighted by atomic mass is 9.99. The van der Waals surface area contributed by atoms with Crippen LogP contribution in [0.2, 0.25) is 0 Å². The Labute approximate surface area is 202 Å². The van der Waals surface area contributed by atoms with Crippen molar-refractivity contribution in [3.8, 4) is 11.5 Å². The molecule has 1 atom stereocenters. The molecular weight excluding hydrogens is 506 g/mol. The van der Waals surface area contributed by atoms with Gasteiger partial charge >= 0.3 is 0 Å². The van der Waals surface area contributed by atoms with E-state index in [0.29, 0.717) is 33.9 Å². The molecule has 1 N–H and O–H groups in total. The maximum Gasteiger partial charge on any atom is 0.294 e. The van der Waals surface area contributed by atoms with Gasteiger partial charge in [0.25, 0.3) is 5.91 Å². The molecule has 0 saturated heterocycles. The van der Waals surface area contributed by atoms with E-state index in [0.717, 1.165) is 4.47 Å². The fourth-order valence-corrected chi connectivity index (χ4v) is 4.39. The van der Waals surface area contributed by atoms with Crippen molar-refractivity contribution in [1.82, 2.24) is 0 Å². The number of carbonyl (C=O) groups excluding carboxylic acids is 2. The first-order valence-corrected chi connectivity index (χ1v) is 11.0. The average molecular weight is 524 g/mol. The highest BCUT2D eigenvalue weighted by molar-refractivity contribution is 9.10. The molecule has 34 heavy (non-hydrogen) atoms. The minimum absolute atomic E-state index is 0.0101. The van der Waals surface area contributed by atoms with Crippen LogP contribution in [-0.4, -0.2) is 31.0 Å². The Bertz CT molecular complexity index is 1430. The molecule has 0 fully saturated rings. The van der Waals surface area contributed by atoms with E-state index in [1.54, 1.807) is 48.5 Å². The van der Waals surface area contributed by atoms with E-state index in [2.05, 4.69) is 15.9 Å². The number of hydrogen-bond acceptors (Lipinski definition) is 7. The molecule has 0 spiro atoms. The molecule has 1 unspecified atom stereocenters. The number of anilines is 1. The summed E-state index contributed by atoms with van der Waals surface area (Å²) in [5.41, 5.74) is 0.699. The number of methoxy groups -OCH3 is 2. The Hall–Kier alpha value is -3.98. The summed E-state index contributed by atoms with van der Waals surface area (Å²) in [5.74, 6) is -0.930. The summed E-state index contributed by atoms with van der Waals surface area (Å²) in [6.07, 6.45) is 1.43. The molecule has 0 radical (unpaired) electrons. The number of fused-ring (bicyclic) bond motifs is 1. The molecule has 2 aromatic carbocycles. The Morgan fingerprint density at radius 2 is 1.79 bits per heavy atom. The fraction of sp³-hybridized carbons (Fsp3) is 0.120. The van der Waals surface area contributed by atoms with E-state index in [9.17, 15) is 14.7 Å². The van der Waals surface area contributed by atoms with Crippen molar-refractivity contribution in [2.24, 2.45) is 0 Å². The van der Waals surface area contributed by atoms with Crippen LogP contribution in [0.25, 0.3) is 11.0 Å². The molecule has 0 saturated carbocycles. The van der Waals surface area contributed by atoms with Gasteiger partial charge in [0.1, 0.15) is 28.9 Å². The zero-order valence-electron chi connectivity index (χ0n) is 18.1. The van der Waals surface area contributed by atoms with Crippen LogP contribution in [-0.2, 0) is 4.79 Å². The number of ether oxygens (including phenoxy) is 2. The van der Waals surface area contributed by atoms with E-state index in [1.807, 2.05) is 6.07 Å². The number of rotatable bonds is 6. The standard InChI is InChI=1S/C25H18BrNO7/c1-31-16-10-15(11-17(12-16)32-2)27-22(19-4-3-7-33-19)21(24(29)25(27)30)23(28)20-9-13-8-14(26)5-6-18(13)34-20/h3-12,22,29H,1-2H3. The summed E-state index contributed by atoms with van der Waals surface area (Å²) >= 11 is 3.40. The molecule has 5 rings (SSSR count). The van der Waals surface area contributed by atoms with E-state index in [-0.39, 0.29) is 11.3 Å². The Morgan fingerprint density at radius 3 is 2.44 bits per heavy atom. The Kier molecular flexibility index (Phi) is 5.41. The van der Waals surface area contributed by atoms with E-state index in [4.69, 9.17) is 18.3 Å². The summed E-state index contributed by atoms with van der Waals surface area (Å²) in [6, 6.07) is 14.0. The number of nitrogens with zero attached hydrogens (tertiary/aromatic N) is 1. The number of Topliss-reactive ketones (excluding diaryl/α,β-unsaturated/α-hetero) is 1. The van der Waals surface area contributed by atoms with Crippen LogP contribution in [0.3, 0.4) is 0 Å². The molecule has 4 aromatic rings. The molecule has 1 amide bonds. The van der Waals surface area contributed by atoms with Gasteiger partial charge in [0.05, 0.1) is 31.7 Å². The molecule has 1 aliphatic heterocycles. The first-order chi connectivity index (χ1) is 16.4. The van der Waals surface area contributed by atoms with Gasteiger partial charge in [-0.1, -0.05) is 15.9 Å². The van der Waals surface area contributed by atoms with Crippen molar-refractivity contribution in [2.75, 3.05) is 19.1 Å². The molecule has 0 bridgehead atoms. The average Bonchev–Trinajstić information content (AvgIpc) is 3.57. The highest BCUT2D eigenvalue weighted by Crippen LogP contribution is 2.44. The number of halogens is 1. The molecule has 3 heterocycles. The number of hydrogen-bond donors (Lipinski definition) is 1. The molecular formula is C25H18BrNO7. The van der Waals surface area contributed by atoms with Crippen LogP contribution < -0.4 is 14.4 Å². The Morgan fingerprint density at radius 1 is 1.06 bits per heavy atom. The maximum atomic E-state index is 13.6. The van der Waals surface area contributed by atoms with Gasteiger partial charge in [0.15, 0.2) is 11.5 Å². The first-order valence-electron chi connectivity index (χ1n) is 10.2. The fourth-order valence-electron chi connectivity index (χ4n) is 4.01. The van der Waals surface area contributed by atoms with Crippen molar-refractivity contribution in [2.45, 2.75) is 6.04 Å². The van der Waals surface area contributed by atoms with Crippen LogP contribution in [0.4, 0.5) is 5.69 Å². The number of aliphatic hydroxyl groups excluding tert-OH is 1. The highest BCUT2D eigenvalue weighted by Gasteiger charge is 2.47. The van der Waals surface area contributed by atoms with E-state index in [1.165, 1.54) is 25.4 Å². The number of amides is 1. The largest absolute Gasteiger partial charge is 0.503 e. The van der Waals surface area contributed by atoms with E-state index < -0.39 is 23.5 Å². The third kappa shape index (κ3) is 3.54. The summed E-state index contributed by atoms with van der Waals surface area (Å²) < 4.78 is 22.8. The van der Waals surface area contributed by atoms with Gasteiger partial charge in [0.2, 0.25) is 5.78 Å². The smallest absolute Gasteiger partial charge is 0.294 e. The van der Waals surface area contributed by atoms with Gasteiger partial charge in [-0.15, -0.1) is 0 Å². The second kappa shape index (κ2) is 8.42. The lowest BCUT2D eigenvalue weighted by Crippen LogP contribution is -2.30. The van der Waals surface area contributed by atoms with Crippen molar-refractivity contribution in [1.29, 1.82) is 0 Å². The first kappa shape index (κ1) is 21.8. The number of benzene rings is 2. The highest BCUT2D eigenvalue weighted by atomic mass is 79.9. The van der Waals surface area contributed by atoms with Crippen molar-refractivity contribution >= 4 is 44.3 Å². The predicted octanol–water partition coefficient (Wildman–Crippen LogP) is 5.59. The van der Waals surface area contributed by atoms with E-state index >= 15 is 0 Å². The van der Waals surface area contributed by atoms with Crippen LogP contribution in [0.1, 0.15) is 22.4 Å². The quantitative estimate of drug-likeness (QED) is 0.328. The SMILES string of the molecule is COc1cc(OC)cc(N2C(=O)C(O)=C(C(=O)c3cc4cc(Br)ccc4o3)C2c2ccco2)c1. The lowest BCUT2D eigenvalue weighted by Gasteiger charge is -2.25. The third-order valence-corrected chi connectivity index (χ3v) is 6.08. The van der Waals surface area contributed by atoms with Gasteiger partial charge in [-0.05, 0) is 36.4 Å². The summed E-state index contributed by atoms with van der Waals surface area (Å²) in [4.78, 5) is 28.1. The predicted molar refractivity (Wildman–Crippen MR) is 126 cm³/mol. The summed E-state index contributed by atoms with van der Waals surface area (Å²) in [6.45, 7) is 0. The molecule has 0 aliphatic carbocycles. The number of furan rings is 2. The third-order valence-electron chi connectivity index (χ3n) is 5.58. The summed E-state index contributed by atoms with van der Waals surface area (Å²) in [5, 5.41) is 11.6. The topological polar surface area (TPSA) is 102 Å². The maximum absolute atomic E-state index is 13.6. The van der Waals surface area contributed by atoms with Crippen LogP contribution >= 0.6 is 15.9 Å². The molecule has 9 heteroatoms. The van der Waals surface area contributed by atoms with Gasteiger partial charge in [0, 0.05) is 28.1 Å². The second-order valence-corrected chi connectivity index (χ2v) is 8.46. The normalized spacial score (nSPS) is 15.9. The minimum Gasteiger partial charge on any atom is -0.503 e. The molecule has 172 valence electrons. The van der Waals surface area contributed by atoms with Gasteiger partial charge in [-0.3, -0.25) is 14.5 Å². The zero-order valence-corrected chi connectivity index (χ0v) is 19.7. The zero-order chi connectivity index (χ0) is 24.0. The monoisotopic (exact) mass is 523 g/mol. The number of aliphatic hydroxyl groups is 1. The molecule has 1 aliphatic rings. The number of ketones is 1. The lowest BCUT2D eigenvalue weighted by molar-refractivity contribution is -0.117. The van der Waals surface area contributed by atoms with Gasteiger partial charge in [-0.25, -0.2) is 0 Å².